The average Bonchev–Trinajstić information content (AvgIpc) is 3.03. The fourth-order valence-electron chi connectivity index (χ4n) is 2.35. The van der Waals surface area contributed by atoms with Gasteiger partial charge >= 0.3 is 0 Å². The smallest absolute Gasteiger partial charge is 0.230 e. The van der Waals surface area contributed by atoms with Crippen molar-refractivity contribution in [3.63, 3.8) is 0 Å². The minimum atomic E-state index is -0.136. The van der Waals surface area contributed by atoms with Gasteiger partial charge in [-0.25, -0.2) is 4.98 Å². The molecule has 0 aliphatic carbocycles. The van der Waals surface area contributed by atoms with E-state index < -0.39 is 0 Å². The van der Waals surface area contributed by atoms with Gasteiger partial charge in [0.25, 0.3) is 0 Å². The second-order valence-corrected chi connectivity index (χ2v) is 6.93. The SMILES string of the molecule is CN(C)c1ccc(Cl)cc1NC(=O)Cc1csc(-c2ccccn2)n1. The number of hydrogen-bond donors (Lipinski definition) is 1. The van der Waals surface area contributed by atoms with Crippen LogP contribution in [0.4, 0.5) is 11.4 Å². The highest BCUT2D eigenvalue weighted by molar-refractivity contribution is 7.13. The third kappa shape index (κ3) is 4.35. The number of aromatic nitrogens is 2. The van der Waals surface area contributed by atoms with Gasteiger partial charge in [0.1, 0.15) is 5.01 Å². The third-order valence-corrected chi connectivity index (χ3v) is 4.64. The molecule has 3 rings (SSSR count). The molecule has 0 radical (unpaired) electrons. The molecule has 0 aliphatic heterocycles. The Bertz CT molecular complexity index is 880. The number of carbonyl (C=O) groups is 1. The zero-order chi connectivity index (χ0) is 17.8. The van der Waals surface area contributed by atoms with Gasteiger partial charge in [0, 0.05) is 30.7 Å². The Labute approximate surface area is 155 Å². The third-order valence-electron chi connectivity index (χ3n) is 3.49. The van der Waals surface area contributed by atoms with Crippen LogP contribution in [0.15, 0.2) is 48.0 Å². The van der Waals surface area contributed by atoms with Gasteiger partial charge in [0.05, 0.1) is 29.2 Å². The van der Waals surface area contributed by atoms with E-state index in [1.54, 1.807) is 18.3 Å². The van der Waals surface area contributed by atoms with Crippen molar-refractivity contribution >= 4 is 40.2 Å². The summed E-state index contributed by atoms with van der Waals surface area (Å²) in [5.41, 5.74) is 3.10. The lowest BCUT2D eigenvalue weighted by Gasteiger charge is -2.18. The number of thiazole rings is 1. The molecule has 5 nitrogen and oxygen atoms in total. The first-order chi connectivity index (χ1) is 12.0. The number of anilines is 2. The number of hydrogen-bond acceptors (Lipinski definition) is 5. The molecule has 0 atom stereocenters. The van der Waals surface area contributed by atoms with Crippen LogP contribution in [0.3, 0.4) is 0 Å². The van der Waals surface area contributed by atoms with Crippen molar-refractivity contribution in [2.24, 2.45) is 0 Å². The standard InChI is InChI=1S/C18H17ClN4OS/c1-23(2)16-7-6-12(19)9-15(16)22-17(24)10-13-11-25-18(21-13)14-5-3-4-8-20-14/h3-9,11H,10H2,1-2H3,(H,22,24). The highest BCUT2D eigenvalue weighted by Crippen LogP contribution is 2.28. The van der Waals surface area contributed by atoms with E-state index in [-0.39, 0.29) is 12.3 Å². The minimum Gasteiger partial charge on any atom is -0.376 e. The Balaban J connectivity index is 1.72. The molecule has 7 heteroatoms. The molecule has 0 bridgehead atoms. The summed E-state index contributed by atoms with van der Waals surface area (Å²) in [5, 5.41) is 6.18. The van der Waals surface area contributed by atoms with Crippen molar-refractivity contribution in [2.45, 2.75) is 6.42 Å². The highest BCUT2D eigenvalue weighted by Gasteiger charge is 2.12. The van der Waals surface area contributed by atoms with E-state index in [2.05, 4.69) is 15.3 Å². The van der Waals surface area contributed by atoms with Crippen LogP contribution in [0.1, 0.15) is 5.69 Å². The highest BCUT2D eigenvalue weighted by atomic mass is 35.5. The summed E-state index contributed by atoms with van der Waals surface area (Å²) in [6, 6.07) is 11.1. The average molecular weight is 373 g/mol. The van der Waals surface area contributed by atoms with Crippen molar-refractivity contribution in [2.75, 3.05) is 24.3 Å². The first-order valence-corrected chi connectivity index (χ1v) is 8.91. The fraction of sp³-hybridized carbons (Fsp3) is 0.167. The number of halogens is 1. The number of carbonyl (C=O) groups excluding carboxylic acids is 1. The molecule has 3 aromatic rings. The Hall–Kier alpha value is -2.44. The summed E-state index contributed by atoms with van der Waals surface area (Å²) in [6.07, 6.45) is 1.92. The van der Waals surface area contributed by atoms with E-state index in [1.807, 2.05) is 48.6 Å². The molecule has 1 aromatic carbocycles. The first kappa shape index (κ1) is 17.4. The van der Waals surface area contributed by atoms with E-state index in [4.69, 9.17) is 11.6 Å². The van der Waals surface area contributed by atoms with E-state index in [0.29, 0.717) is 10.7 Å². The molecule has 0 aliphatic rings. The summed E-state index contributed by atoms with van der Waals surface area (Å²) in [7, 11) is 3.83. The van der Waals surface area contributed by atoms with Crippen LogP contribution in [0, 0.1) is 0 Å². The predicted octanol–water partition coefficient (Wildman–Crippen LogP) is 4.11. The van der Waals surface area contributed by atoms with Gasteiger partial charge in [0.15, 0.2) is 0 Å². The summed E-state index contributed by atoms with van der Waals surface area (Å²) in [6.45, 7) is 0. The maximum absolute atomic E-state index is 12.4. The van der Waals surface area contributed by atoms with Crippen molar-refractivity contribution in [3.05, 3.63) is 58.7 Å². The molecule has 0 saturated heterocycles. The van der Waals surface area contributed by atoms with Crippen molar-refractivity contribution in [1.29, 1.82) is 0 Å². The maximum Gasteiger partial charge on any atom is 0.230 e. The second-order valence-electron chi connectivity index (χ2n) is 5.64. The van der Waals surface area contributed by atoms with Gasteiger partial charge in [0.2, 0.25) is 5.91 Å². The lowest BCUT2D eigenvalue weighted by molar-refractivity contribution is -0.115. The summed E-state index contributed by atoms with van der Waals surface area (Å²) >= 11 is 7.53. The van der Waals surface area contributed by atoms with Crippen molar-refractivity contribution in [1.82, 2.24) is 9.97 Å². The molecule has 25 heavy (non-hydrogen) atoms. The monoisotopic (exact) mass is 372 g/mol. The normalized spacial score (nSPS) is 10.5. The molecule has 0 spiro atoms. The topological polar surface area (TPSA) is 58.1 Å². The molecule has 2 heterocycles. The molecular formula is C18H17ClN4OS. The molecule has 0 unspecified atom stereocenters. The van der Waals surface area contributed by atoms with Gasteiger partial charge < -0.3 is 10.2 Å². The number of pyridine rings is 1. The molecule has 2 aromatic heterocycles. The van der Waals surface area contributed by atoms with Crippen LogP contribution in [0.2, 0.25) is 5.02 Å². The summed E-state index contributed by atoms with van der Waals surface area (Å²) < 4.78 is 0. The quantitative estimate of drug-likeness (QED) is 0.732. The summed E-state index contributed by atoms with van der Waals surface area (Å²) in [4.78, 5) is 23.1. The van der Waals surface area contributed by atoms with E-state index >= 15 is 0 Å². The maximum atomic E-state index is 12.4. The number of nitrogens with zero attached hydrogens (tertiary/aromatic N) is 3. The zero-order valence-corrected chi connectivity index (χ0v) is 15.4. The number of rotatable bonds is 5. The lowest BCUT2D eigenvalue weighted by Crippen LogP contribution is -2.18. The van der Waals surface area contributed by atoms with Crippen LogP contribution >= 0.6 is 22.9 Å². The lowest BCUT2D eigenvalue weighted by atomic mass is 10.2. The number of nitrogens with one attached hydrogen (secondary N) is 1. The Morgan fingerprint density at radius 3 is 2.84 bits per heavy atom. The molecule has 1 amide bonds. The summed E-state index contributed by atoms with van der Waals surface area (Å²) in [5.74, 6) is -0.136. The second kappa shape index (κ2) is 7.63. The zero-order valence-electron chi connectivity index (χ0n) is 13.9. The molecule has 0 fully saturated rings. The minimum absolute atomic E-state index is 0.136. The van der Waals surface area contributed by atoms with Crippen LogP contribution in [-0.2, 0) is 11.2 Å². The van der Waals surface area contributed by atoms with Crippen LogP contribution in [-0.4, -0.2) is 30.0 Å². The van der Waals surface area contributed by atoms with Crippen molar-refractivity contribution in [3.8, 4) is 10.7 Å². The van der Waals surface area contributed by atoms with E-state index in [0.717, 1.165) is 22.1 Å². The van der Waals surface area contributed by atoms with Crippen molar-refractivity contribution < 1.29 is 4.79 Å². The van der Waals surface area contributed by atoms with E-state index in [1.165, 1.54) is 11.3 Å². The fourth-order valence-corrected chi connectivity index (χ4v) is 3.32. The van der Waals surface area contributed by atoms with Crippen LogP contribution < -0.4 is 10.2 Å². The molecule has 1 N–H and O–H groups in total. The largest absolute Gasteiger partial charge is 0.376 e. The Morgan fingerprint density at radius 1 is 1.28 bits per heavy atom. The van der Waals surface area contributed by atoms with Crippen LogP contribution in [0.5, 0.6) is 0 Å². The predicted molar refractivity (Wildman–Crippen MR) is 103 cm³/mol. The van der Waals surface area contributed by atoms with Gasteiger partial charge in [-0.05, 0) is 30.3 Å². The van der Waals surface area contributed by atoms with E-state index in [9.17, 15) is 4.79 Å². The molecular weight excluding hydrogens is 356 g/mol. The van der Waals surface area contributed by atoms with Gasteiger partial charge in [-0.3, -0.25) is 9.78 Å². The Kier molecular flexibility index (Phi) is 5.31. The Morgan fingerprint density at radius 2 is 2.12 bits per heavy atom. The van der Waals surface area contributed by atoms with Gasteiger partial charge in [-0.15, -0.1) is 11.3 Å². The number of benzene rings is 1. The van der Waals surface area contributed by atoms with Crippen LogP contribution in [0.25, 0.3) is 10.7 Å². The first-order valence-electron chi connectivity index (χ1n) is 7.65. The molecule has 128 valence electrons. The number of amides is 1. The van der Waals surface area contributed by atoms with Gasteiger partial charge in [-0.2, -0.15) is 0 Å². The molecule has 0 saturated carbocycles. The van der Waals surface area contributed by atoms with Gasteiger partial charge in [-0.1, -0.05) is 17.7 Å².